The molecule has 1 saturated heterocycles. The highest BCUT2D eigenvalue weighted by Crippen LogP contribution is 2.25. The molecule has 1 aliphatic rings. The van der Waals surface area contributed by atoms with Crippen LogP contribution in [0.5, 0.6) is 0 Å². The molecule has 0 saturated carbocycles. The van der Waals surface area contributed by atoms with Crippen molar-refractivity contribution in [2.24, 2.45) is 0 Å². The number of carbonyl (C=O) groups excluding carboxylic acids is 1. The number of amides is 1. The molecule has 0 radical (unpaired) electrons. The number of anilines is 1. The van der Waals surface area contributed by atoms with E-state index in [9.17, 15) is 4.79 Å². The molecule has 6 nitrogen and oxygen atoms in total. The summed E-state index contributed by atoms with van der Waals surface area (Å²) < 4.78 is 6.42. The average molecular weight is 426 g/mol. The molecule has 3 rings (SSSR count). The van der Waals surface area contributed by atoms with E-state index in [1.807, 2.05) is 31.2 Å². The van der Waals surface area contributed by atoms with Gasteiger partial charge in [-0.3, -0.25) is 9.69 Å². The second-order valence-electron chi connectivity index (χ2n) is 5.81. The van der Waals surface area contributed by atoms with Crippen molar-refractivity contribution in [2.75, 3.05) is 25.0 Å². The zero-order valence-corrected chi connectivity index (χ0v) is 15.1. The Labute approximate surface area is 148 Å². The number of halogens is 1. The first-order valence-corrected chi connectivity index (χ1v) is 8.76. The minimum absolute atomic E-state index is 0.00793. The first-order chi connectivity index (χ1) is 11.1. The second kappa shape index (κ2) is 7.39. The van der Waals surface area contributed by atoms with Crippen molar-refractivity contribution in [2.45, 2.75) is 25.7 Å². The molecule has 2 aromatic rings. The fourth-order valence-corrected chi connectivity index (χ4v) is 3.18. The predicted molar refractivity (Wildman–Crippen MR) is 95.2 cm³/mol. The van der Waals surface area contributed by atoms with Gasteiger partial charge in [-0.1, -0.05) is 5.16 Å². The number of piperidine rings is 1. The SMILES string of the molecule is Cc1noc(C2CCCN(CC(=O)Nc3ccc(I)cc3)C2)n1. The average Bonchev–Trinajstić information content (AvgIpc) is 2.96. The van der Waals surface area contributed by atoms with Crippen molar-refractivity contribution in [3.8, 4) is 0 Å². The Hall–Kier alpha value is -1.48. The lowest BCUT2D eigenvalue weighted by molar-refractivity contribution is -0.117. The van der Waals surface area contributed by atoms with Crippen LogP contribution in [0, 0.1) is 10.5 Å². The molecule has 1 amide bonds. The van der Waals surface area contributed by atoms with E-state index in [1.54, 1.807) is 0 Å². The van der Waals surface area contributed by atoms with Gasteiger partial charge in [-0.15, -0.1) is 0 Å². The second-order valence-corrected chi connectivity index (χ2v) is 7.05. The zero-order chi connectivity index (χ0) is 16.2. The molecule has 0 bridgehead atoms. The lowest BCUT2D eigenvalue weighted by Gasteiger charge is -2.30. The largest absolute Gasteiger partial charge is 0.339 e. The first-order valence-electron chi connectivity index (χ1n) is 7.68. The molecular formula is C16H19IN4O2. The highest BCUT2D eigenvalue weighted by atomic mass is 127. The number of likely N-dealkylation sites (tertiary alicyclic amines) is 1. The molecule has 1 atom stereocenters. The number of rotatable bonds is 4. The summed E-state index contributed by atoms with van der Waals surface area (Å²) in [6.45, 7) is 3.91. The number of aromatic nitrogens is 2. The predicted octanol–water partition coefficient (Wildman–Crippen LogP) is 2.80. The zero-order valence-electron chi connectivity index (χ0n) is 13.0. The molecular weight excluding hydrogens is 407 g/mol. The maximum Gasteiger partial charge on any atom is 0.238 e. The summed E-state index contributed by atoms with van der Waals surface area (Å²) in [5.74, 6) is 1.57. The van der Waals surface area contributed by atoms with E-state index in [-0.39, 0.29) is 11.8 Å². The number of aryl methyl sites for hydroxylation is 1. The number of hydrogen-bond acceptors (Lipinski definition) is 5. The Kier molecular flexibility index (Phi) is 5.27. The molecule has 1 aromatic heterocycles. The monoisotopic (exact) mass is 426 g/mol. The van der Waals surface area contributed by atoms with Crippen LogP contribution in [0.25, 0.3) is 0 Å². The molecule has 1 aliphatic heterocycles. The smallest absolute Gasteiger partial charge is 0.238 e. The molecule has 1 fully saturated rings. The van der Waals surface area contributed by atoms with Crippen molar-refractivity contribution >= 4 is 34.2 Å². The van der Waals surface area contributed by atoms with Gasteiger partial charge in [0, 0.05) is 15.8 Å². The number of nitrogens with one attached hydrogen (secondary N) is 1. The van der Waals surface area contributed by atoms with Crippen LogP contribution in [-0.2, 0) is 4.79 Å². The minimum atomic E-state index is 0.00793. The highest BCUT2D eigenvalue weighted by Gasteiger charge is 2.26. The van der Waals surface area contributed by atoms with Crippen LogP contribution in [0.3, 0.4) is 0 Å². The third kappa shape index (κ3) is 4.51. The maximum absolute atomic E-state index is 12.2. The van der Waals surface area contributed by atoms with Crippen LogP contribution in [0.2, 0.25) is 0 Å². The van der Waals surface area contributed by atoms with Crippen molar-refractivity contribution in [3.05, 3.63) is 39.6 Å². The molecule has 1 N–H and O–H groups in total. The van der Waals surface area contributed by atoms with E-state index in [0.717, 1.165) is 35.2 Å². The number of hydrogen-bond donors (Lipinski definition) is 1. The summed E-state index contributed by atoms with van der Waals surface area (Å²) in [7, 11) is 0. The van der Waals surface area contributed by atoms with Gasteiger partial charge in [-0.05, 0) is 73.2 Å². The van der Waals surface area contributed by atoms with Gasteiger partial charge in [0.05, 0.1) is 12.5 Å². The van der Waals surface area contributed by atoms with E-state index in [2.05, 4.69) is 42.9 Å². The number of benzene rings is 1. The summed E-state index contributed by atoms with van der Waals surface area (Å²) in [4.78, 5) is 18.7. The Morgan fingerprint density at radius 2 is 2.22 bits per heavy atom. The highest BCUT2D eigenvalue weighted by molar-refractivity contribution is 14.1. The minimum Gasteiger partial charge on any atom is -0.339 e. The van der Waals surface area contributed by atoms with Gasteiger partial charge in [-0.25, -0.2) is 0 Å². The van der Waals surface area contributed by atoms with Gasteiger partial charge >= 0.3 is 0 Å². The van der Waals surface area contributed by atoms with Crippen molar-refractivity contribution in [3.63, 3.8) is 0 Å². The van der Waals surface area contributed by atoms with Crippen LogP contribution < -0.4 is 5.32 Å². The number of nitrogens with zero attached hydrogens (tertiary/aromatic N) is 3. The standard InChI is InChI=1S/C16H19IN4O2/c1-11-18-16(23-20-11)12-3-2-8-21(9-12)10-15(22)19-14-6-4-13(17)5-7-14/h4-7,12H,2-3,8-10H2,1H3,(H,19,22). The van der Waals surface area contributed by atoms with Crippen molar-refractivity contribution in [1.82, 2.24) is 15.0 Å². The van der Waals surface area contributed by atoms with E-state index < -0.39 is 0 Å². The molecule has 2 heterocycles. The fourth-order valence-electron chi connectivity index (χ4n) is 2.82. The summed E-state index contributed by atoms with van der Waals surface area (Å²) in [6, 6.07) is 7.79. The van der Waals surface area contributed by atoms with Crippen LogP contribution in [0.1, 0.15) is 30.5 Å². The van der Waals surface area contributed by atoms with Crippen LogP contribution >= 0.6 is 22.6 Å². The van der Waals surface area contributed by atoms with Crippen molar-refractivity contribution in [1.29, 1.82) is 0 Å². The quantitative estimate of drug-likeness (QED) is 0.762. The first kappa shape index (κ1) is 16.4. The Morgan fingerprint density at radius 1 is 1.43 bits per heavy atom. The fraction of sp³-hybridized carbons (Fsp3) is 0.438. The molecule has 1 aromatic carbocycles. The van der Waals surface area contributed by atoms with Crippen LogP contribution in [-0.4, -0.2) is 40.6 Å². The van der Waals surface area contributed by atoms with Gasteiger partial charge < -0.3 is 9.84 Å². The topological polar surface area (TPSA) is 71.3 Å². The van der Waals surface area contributed by atoms with Gasteiger partial charge in [0.25, 0.3) is 0 Å². The Morgan fingerprint density at radius 3 is 2.91 bits per heavy atom. The summed E-state index contributed by atoms with van der Waals surface area (Å²) in [6.07, 6.45) is 2.06. The summed E-state index contributed by atoms with van der Waals surface area (Å²) in [5.41, 5.74) is 0.830. The van der Waals surface area contributed by atoms with Gasteiger partial charge in [0.1, 0.15) is 0 Å². The van der Waals surface area contributed by atoms with Crippen LogP contribution in [0.4, 0.5) is 5.69 Å². The lowest BCUT2D eigenvalue weighted by Crippen LogP contribution is -2.39. The van der Waals surface area contributed by atoms with Gasteiger partial charge in [-0.2, -0.15) is 4.98 Å². The lowest BCUT2D eigenvalue weighted by atomic mass is 9.98. The van der Waals surface area contributed by atoms with E-state index >= 15 is 0 Å². The van der Waals surface area contributed by atoms with E-state index in [4.69, 9.17) is 4.52 Å². The van der Waals surface area contributed by atoms with E-state index in [1.165, 1.54) is 0 Å². The van der Waals surface area contributed by atoms with Gasteiger partial charge in [0.2, 0.25) is 11.8 Å². The van der Waals surface area contributed by atoms with Gasteiger partial charge in [0.15, 0.2) is 5.82 Å². The van der Waals surface area contributed by atoms with Crippen molar-refractivity contribution < 1.29 is 9.32 Å². The maximum atomic E-state index is 12.2. The normalized spacial score (nSPS) is 18.8. The summed E-state index contributed by atoms with van der Waals surface area (Å²) >= 11 is 2.24. The van der Waals surface area contributed by atoms with Crippen LogP contribution in [0.15, 0.2) is 28.8 Å². The Bertz CT molecular complexity index is 671. The Balaban J connectivity index is 1.54. The molecule has 122 valence electrons. The third-order valence-electron chi connectivity index (χ3n) is 3.89. The summed E-state index contributed by atoms with van der Waals surface area (Å²) in [5, 5.41) is 6.80. The third-order valence-corrected chi connectivity index (χ3v) is 4.61. The molecule has 7 heteroatoms. The molecule has 0 aliphatic carbocycles. The molecule has 23 heavy (non-hydrogen) atoms. The molecule has 1 unspecified atom stereocenters. The van der Waals surface area contributed by atoms with E-state index in [0.29, 0.717) is 18.3 Å². The molecule has 0 spiro atoms. The number of carbonyl (C=O) groups is 1.